The molecule has 2 N–H and O–H groups in total. The van der Waals surface area contributed by atoms with Crippen LogP contribution < -0.4 is 5.73 Å². The number of hydrogen-bond donors (Lipinski definition) is 1. The van der Waals surface area contributed by atoms with Crippen molar-refractivity contribution in [3.05, 3.63) is 15.6 Å². The Balaban J connectivity index is 2.34. The highest BCUT2D eigenvalue weighted by atomic mass is 32.1. The molecule has 108 valence electrons. The monoisotopic (exact) mass is 282 g/mol. The van der Waals surface area contributed by atoms with Crippen molar-refractivity contribution in [2.45, 2.75) is 70.9 Å². The van der Waals surface area contributed by atoms with E-state index in [4.69, 9.17) is 15.5 Å². The van der Waals surface area contributed by atoms with E-state index in [0.29, 0.717) is 6.54 Å². The molecule has 0 spiro atoms. The topological polar surface area (TPSA) is 48.1 Å². The average molecular weight is 282 g/mol. The molecule has 4 heteroatoms. The minimum Gasteiger partial charge on any atom is -0.368 e. The van der Waals surface area contributed by atoms with Gasteiger partial charge in [0.1, 0.15) is 10.6 Å². The fourth-order valence-corrected chi connectivity index (χ4v) is 4.24. The van der Waals surface area contributed by atoms with Gasteiger partial charge in [0, 0.05) is 18.0 Å². The molecule has 1 saturated carbocycles. The van der Waals surface area contributed by atoms with Gasteiger partial charge in [-0.3, -0.25) is 0 Å². The van der Waals surface area contributed by atoms with Crippen LogP contribution in [0.25, 0.3) is 0 Å². The molecular formula is C15H26N2OS. The van der Waals surface area contributed by atoms with Gasteiger partial charge in [0.05, 0.1) is 5.69 Å². The molecular weight excluding hydrogens is 256 g/mol. The zero-order valence-electron chi connectivity index (χ0n) is 12.2. The van der Waals surface area contributed by atoms with Gasteiger partial charge >= 0.3 is 0 Å². The van der Waals surface area contributed by atoms with Crippen LogP contribution in [-0.4, -0.2) is 11.6 Å². The SMILES string of the molecule is CCOC1(c2nc(CC)c(CN)s2)CCCCCC1. The lowest BCUT2D eigenvalue weighted by atomic mass is 9.95. The first-order valence-electron chi connectivity index (χ1n) is 7.58. The molecule has 1 aliphatic carbocycles. The van der Waals surface area contributed by atoms with Gasteiger partial charge in [-0.2, -0.15) is 0 Å². The lowest BCUT2D eigenvalue weighted by molar-refractivity contribution is -0.0560. The lowest BCUT2D eigenvalue weighted by Crippen LogP contribution is -2.29. The molecule has 0 bridgehead atoms. The first-order valence-corrected chi connectivity index (χ1v) is 8.40. The van der Waals surface area contributed by atoms with E-state index in [0.717, 1.165) is 25.9 Å². The van der Waals surface area contributed by atoms with Gasteiger partial charge in [-0.1, -0.05) is 32.6 Å². The molecule has 0 amide bonds. The summed E-state index contributed by atoms with van der Waals surface area (Å²) in [4.78, 5) is 6.11. The largest absolute Gasteiger partial charge is 0.368 e. The maximum Gasteiger partial charge on any atom is 0.125 e. The first kappa shape index (κ1) is 14.9. The summed E-state index contributed by atoms with van der Waals surface area (Å²) >= 11 is 1.78. The molecule has 0 unspecified atom stereocenters. The van der Waals surface area contributed by atoms with Gasteiger partial charge < -0.3 is 10.5 Å². The molecule has 1 aliphatic rings. The molecule has 0 aromatic carbocycles. The molecule has 0 saturated heterocycles. The van der Waals surface area contributed by atoms with E-state index in [-0.39, 0.29) is 5.60 Å². The number of nitrogens with zero attached hydrogens (tertiary/aromatic N) is 1. The minimum atomic E-state index is -0.132. The highest BCUT2D eigenvalue weighted by Gasteiger charge is 2.37. The predicted octanol–water partition coefficient (Wildman–Crippen LogP) is 3.75. The number of hydrogen-bond acceptors (Lipinski definition) is 4. The van der Waals surface area contributed by atoms with E-state index in [9.17, 15) is 0 Å². The number of ether oxygens (including phenoxy) is 1. The molecule has 1 aromatic heterocycles. The highest BCUT2D eigenvalue weighted by molar-refractivity contribution is 7.11. The van der Waals surface area contributed by atoms with Gasteiger partial charge in [0.25, 0.3) is 0 Å². The van der Waals surface area contributed by atoms with Crippen molar-refractivity contribution in [3.8, 4) is 0 Å². The smallest absolute Gasteiger partial charge is 0.125 e. The molecule has 1 heterocycles. The normalized spacial score (nSPS) is 19.3. The van der Waals surface area contributed by atoms with Crippen LogP contribution >= 0.6 is 11.3 Å². The Morgan fingerprint density at radius 1 is 1.21 bits per heavy atom. The molecule has 1 aromatic rings. The Morgan fingerprint density at radius 3 is 2.37 bits per heavy atom. The van der Waals surface area contributed by atoms with Crippen molar-refractivity contribution in [1.29, 1.82) is 0 Å². The third kappa shape index (κ3) is 3.18. The Morgan fingerprint density at radius 2 is 1.89 bits per heavy atom. The fraction of sp³-hybridized carbons (Fsp3) is 0.800. The van der Waals surface area contributed by atoms with Crippen LogP contribution in [0.1, 0.15) is 68.0 Å². The third-order valence-corrected chi connectivity index (χ3v) is 5.33. The van der Waals surface area contributed by atoms with Crippen molar-refractivity contribution in [1.82, 2.24) is 4.98 Å². The molecule has 0 aliphatic heterocycles. The number of thiazole rings is 1. The van der Waals surface area contributed by atoms with E-state index < -0.39 is 0 Å². The number of aromatic nitrogens is 1. The van der Waals surface area contributed by atoms with Gasteiger partial charge in [0.2, 0.25) is 0 Å². The van der Waals surface area contributed by atoms with Gasteiger partial charge in [-0.05, 0) is 26.2 Å². The van der Waals surface area contributed by atoms with Crippen LogP contribution in [0.5, 0.6) is 0 Å². The maximum absolute atomic E-state index is 6.20. The summed E-state index contributed by atoms with van der Waals surface area (Å²) in [6, 6.07) is 0. The Labute approximate surface area is 120 Å². The van der Waals surface area contributed by atoms with E-state index in [1.54, 1.807) is 11.3 Å². The Kier molecular flexibility index (Phi) is 5.37. The molecule has 1 fully saturated rings. The Bertz CT molecular complexity index is 373. The lowest BCUT2D eigenvalue weighted by Gasteiger charge is -2.30. The van der Waals surface area contributed by atoms with E-state index in [1.165, 1.54) is 41.3 Å². The van der Waals surface area contributed by atoms with Crippen LogP contribution in [0, 0.1) is 0 Å². The zero-order chi connectivity index (χ0) is 13.7. The summed E-state index contributed by atoms with van der Waals surface area (Å²) in [6.45, 7) is 5.60. The fourth-order valence-electron chi connectivity index (χ4n) is 3.01. The van der Waals surface area contributed by atoms with E-state index in [1.807, 2.05) is 0 Å². The average Bonchev–Trinajstić information content (AvgIpc) is 2.72. The molecule has 2 rings (SSSR count). The standard InChI is InChI=1S/C15H26N2OS/c1-3-12-13(11-16)19-14(17-12)15(18-4-2)9-7-5-6-8-10-15/h3-11,16H2,1-2H3. The van der Waals surface area contributed by atoms with Crippen molar-refractivity contribution < 1.29 is 4.74 Å². The van der Waals surface area contributed by atoms with Crippen LogP contribution in [-0.2, 0) is 23.3 Å². The van der Waals surface area contributed by atoms with Gasteiger partial charge in [-0.15, -0.1) is 11.3 Å². The second-order valence-corrected chi connectivity index (χ2v) is 6.37. The maximum atomic E-state index is 6.20. The van der Waals surface area contributed by atoms with Crippen LogP contribution in [0.2, 0.25) is 0 Å². The quantitative estimate of drug-likeness (QED) is 0.837. The number of rotatable bonds is 5. The van der Waals surface area contributed by atoms with Crippen molar-refractivity contribution in [2.24, 2.45) is 5.73 Å². The summed E-state index contributed by atoms with van der Waals surface area (Å²) in [6.07, 6.45) is 8.33. The van der Waals surface area contributed by atoms with Crippen molar-refractivity contribution >= 4 is 11.3 Å². The van der Waals surface area contributed by atoms with Crippen molar-refractivity contribution in [2.75, 3.05) is 6.61 Å². The van der Waals surface area contributed by atoms with Crippen LogP contribution in [0.15, 0.2) is 0 Å². The predicted molar refractivity (Wildman–Crippen MR) is 80.4 cm³/mol. The van der Waals surface area contributed by atoms with E-state index in [2.05, 4.69) is 13.8 Å². The molecule has 3 nitrogen and oxygen atoms in total. The second-order valence-electron chi connectivity index (χ2n) is 5.29. The third-order valence-electron chi connectivity index (χ3n) is 4.02. The summed E-state index contributed by atoms with van der Waals surface area (Å²) in [5, 5.41) is 1.17. The summed E-state index contributed by atoms with van der Waals surface area (Å²) in [5.41, 5.74) is 6.89. The summed E-state index contributed by atoms with van der Waals surface area (Å²) < 4.78 is 6.20. The zero-order valence-corrected chi connectivity index (χ0v) is 13.0. The van der Waals surface area contributed by atoms with Gasteiger partial charge in [-0.25, -0.2) is 4.98 Å². The summed E-state index contributed by atoms with van der Waals surface area (Å²) in [5.74, 6) is 0. The van der Waals surface area contributed by atoms with Crippen LogP contribution in [0.4, 0.5) is 0 Å². The van der Waals surface area contributed by atoms with Crippen LogP contribution in [0.3, 0.4) is 0 Å². The first-order chi connectivity index (χ1) is 9.25. The molecule has 0 radical (unpaired) electrons. The number of aryl methyl sites for hydroxylation is 1. The minimum absolute atomic E-state index is 0.132. The van der Waals surface area contributed by atoms with Gasteiger partial charge in [0.15, 0.2) is 0 Å². The number of nitrogens with two attached hydrogens (primary N) is 1. The molecule has 19 heavy (non-hydrogen) atoms. The summed E-state index contributed by atoms with van der Waals surface area (Å²) in [7, 11) is 0. The highest BCUT2D eigenvalue weighted by Crippen LogP contribution is 2.42. The Hall–Kier alpha value is -0.450. The second kappa shape index (κ2) is 6.82. The molecule has 0 atom stereocenters. The van der Waals surface area contributed by atoms with Crippen molar-refractivity contribution in [3.63, 3.8) is 0 Å². The van der Waals surface area contributed by atoms with E-state index >= 15 is 0 Å².